The Morgan fingerprint density at radius 1 is 0.676 bits per heavy atom. The van der Waals surface area contributed by atoms with E-state index in [0.29, 0.717) is 11.5 Å². The molecule has 0 unspecified atom stereocenters. The van der Waals surface area contributed by atoms with Gasteiger partial charge in [0.05, 0.1) is 11.4 Å². The number of carbonyl (C=O) groups is 2. The molecule has 5 aromatic rings. The normalized spacial score (nSPS) is 14.7. The van der Waals surface area contributed by atoms with E-state index in [2.05, 4.69) is 30.3 Å². The molecular formula is C32H23NO3S. The van der Waals surface area contributed by atoms with Gasteiger partial charge in [0.2, 0.25) is 0 Å². The van der Waals surface area contributed by atoms with Crippen molar-refractivity contribution in [2.75, 3.05) is 0 Å². The van der Waals surface area contributed by atoms with Crippen molar-refractivity contribution in [3.05, 3.63) is 131 Å². The predicted molar refractivity (Wildman–Crippen MR) is 150 cm³/mol. The second-order valence-electron chi connectivity index (χ2n) is 8.99. The SMILES string of the molecule is O=C1S/C(=C\c2ccc(OCc3ccc4ccccc4c3)cc2)C(=O)N1Cc1ccc2ccccc2c1. The fourth-order valence-corrected chi connectivity index (χ4v) is 5.30. The lowest BCUT2D eigenvalue weighted by atomic mass is 10.1. The van der Waals surface area contributed by atoms with Crippen molar-refractivity contribution in [1.82, 2.24) is 4.90 Å². The van der Waals surface area contributed by atoms with Gasteiger partial charge in [-0.3, -0.25) is 14.5 Å². The molecule has 0 aliphatic carbocycles. The van der Waals surface area contributed by atoms with E-state index in [1.165, 1.54) is 15.7 Å². The van der Waals surface area contributed by atoms with Crippen LogP contribution in [0, 0.1) is 0 Å². The van der Waals surface area contributed by atoms with Crippen LogP contribution in [0.4, 0.5) is 4.79 Å². The van der Waals surface area contributed by atoms with E-state index < -0.39 is 0 Å². The Hall–Kier alpha value is -4.35. The van der Waals surface area contributed by atoms with Gasteiger partial charge in [-0.1, -0.05) is 84.9 Å². The predicted octanol–water partition coefficient (Wildman–Crippen LogP) is 7.81. The second-order valence-corrected chi connectivity index (χ2v) is 9.98. The van der Waals surface area contributed by atoms with Gasteiger partial charge in [0.15, 0.2) is 0 Å². The summed E-state index contributed by atoms with van der Waals surface area (Å²) in [5.41, 5.74) is 2.87. The molecule has 0 N–H and O–H groups in total. The zero-order chi connectivity index (χ0) is 25.2. The first-order valence-electron chi connectivity index (χ1n) is 12.1. The number of hydrogen-bond donors (Lipinski definition) is 0. The quantitative estimate of drug-likeness (QED) is 0.223. The van der Waals surface area contributed by atoms with E-state index in [4.69, 9.17) is 4.74 Å². The summed E-state index contributed by atoms with van der Waals surface area (Å²) in [5, 5.41) is 4.36. The molecule has 4 nitrogen and oxygen atoms in total. The summed E-state index contributed by atoms with van der Waals surface area (Å²) in [6.07, 6.45) is 1.76. The third-order valence-electron chi connectivity index (χ3n) is 6.43. The second kappa shape index (κ2) is 9.96. The number of fused-ring (bicyclic) bond motifs is 2. The van der Waals surface area contributed by atoms with Crippen LogP contribution in [0.3, 0.4) is 0 Å². The number of rotatable bonds is 6. The van der Waals surface area contributed by atoms with Gasteiger partial charge >= 0.3 is 0 Å². The Balaban J connectivity index is 1.11. The Kier molecular flexibility index (Phi) is 6.21. The summed E-state index contributed by atoms with van der Waals surface area (Å²) < 4.78 is 5.96. The maximum atomic E-state index is 13.0. The molecule has 180 valence electrons. The average molecular weight is 502 g/mol. The van der Waals surface area contributed by atoms with Gasteiger partial charge in [-0.05, 0) is 80.3 Å². The van der Waals surface area contributed by atoms with E-state index in [-0.39, 0.29) is 17.7 Å². The maximum absolute atomic E-state index is 13.0. The minimum absolute atomic E-state index is 0.250. The molecule has 6 rings (SSSR count). The first kappa shape index (κ1) is 23.1. The molecule has 1 heterocycles. The molecule has 0 bridgehead atoms. The fraction of sp³-hybridized carbons (Fsp3) is 0.0625. The highest BCUT2D eigenvalue weighted by Crippen LogP contribution is 2.34. The molecule has 5 aromatic carbocycles. The van der Waals surface area contributed by atoms with Crippen molar-refractivity contribution in [2.24, 2.45) is 0 Å². The van der Waals surface area contributed by atoms with Gasteiger partial charge in [-0.2, -0.15) is 0 Å². The van der Waals surface area contributed by atoms with Crippen LogP contribution in [-0.2, 0) is 17.9 Å². The molecule has 0 atom stereocenters. The molecule has 5 heteroatoms. The van der Waals surface area contributed by atoms with Crippen LogP contribution in [0.25, 0.3) is 27.6 Å². The molecule has 1 saturated heterocycles. The smallest absolute Gasteiger partial charge is 0.293 e. The summed E-state index contributed by atoms with van der Waals surface area (Å²) in [4.78, 5) is 27.3. The van der Waals surface area contributed by atoms with E-state index in [9.17, 15) is 9.59 Å². The van der Waals surface area contributed by atoms with Crippen molar-refractivity contribution >= 4 is 50.5 Å². The monoisotopic (exact) mass is 501 g/mol. The molecular weight excluding hydrogens is 478 g/mol. The van der Waals surface area contributed by atoms with Crippen molar-refractivity contribution in [2.45, 2.75) is 13.2 Å². The van der Waals surface area contributed by atoms with Crippen molar-refractivity contribution in [1.29, 1.82) is 0 Å². The van der Waals surface area contributed by atoms with Crippen LogP contribution in [0.15, 0.2) is 114 Å². The van der Waals surface area contributed by atoms with Crippen LogP contribution in [0.1, 0.15) is 16.7 Å². The number of ether oxygens (including phenoxy) is 1. The van der Waals surface area contributed by atoms with E-state index in [0.717, 1.165) is 45.0 Å². The number of nitrogens with zero attached hydrogens (tertiary/aromatic N) is 1. The molecule has 0 saturated carbocycles. The largest absolute Gasteiger partial charge is 0.489 e. The standard InChI is InChI=1S/C32H23NO3S/c34-31-30(37-32(35)33(31)20-23-9-13-25-5-1-3-7-27(25)17-23)19-22-11-15-29(16-12-22)36-21-24-10-14-26-6-2-4-8-28(26)18-24/h1-19H,20-21H2/b30-19-. The Bertz CT molecular complexity index is 1670. The van der Waals surface area contributed by atoms with Crippen LogP contribution >= 0.6 is 11.8 Å². The summed E-state index contributed by atoms with van der Waals surface area (Å²) in [6.45, 7) is 0.728. The minimum atomic E-state index is -0.264. The molecule has 0 aromatic heterocycles. The Labute approximate surface area is 219 Å². The fourth-order valence-electron chi connectivity index (χ4n) is 4.46. The van der Waals surface area contributed by atoms with Crippen molar-refractivity contribution in [3.8, 4) is 5.75 Å². The number of imide groups is 1. The van der Waals surface area contributed by atoms with Crippen LogP contribution in [0.5, 0.6) is 5.75 Å². The highest BCUT2D eigenvalue weighted by atomic mass is 32.2. The lowest BCUT2D eigenvalue weighted by molar-refractivity contribution is -0.123. The zero-order valence-electron chi connectivity index (χ0n) is 20.0. The van der Waals surface area contributed by atoms with E-state index in [1.807, 2.05) is 78.9 Å². The summed E-state index contributed by atoms with van der Waals surface area (Å²) >= 11 is 0.979. The van der Waals surface area contributed by atoms with Gasteiger partial charge in [-0.15, -0.1) is 0 Å². The highest BCUT2D eigenvalue weighted by Gasteiger charge is 2.35. The van der Waals surface area contributed by atoms with E-state index >= 15 is 0 Å². The summed E-state index contributed by atoms with van der Waals surface area (Å²) in [5.74, 6) is 0.481. The van der Waals surface area contributed by atoms with Gasteiger partial charge in [0.1, 0.15) is 12.4 Å². The Morgan fingerprint density at radius 3 is 1.95 bits per heavy atom. The van der Waals surface area contributed by atoms with E-state index in [1.54, 1.807) is 6.08 Å². The number of carbonyl (C=O) groups excluding carboxylic acids is 2. The molecule has 2 amide bonds. The minimum Gasteiger partial charge on any atom is -0.489 e. The third kappa shape index (κ3) is 4.99. The first-order valence-corrected chi connectivity index (χ1v) is 12.9. The number of amides is 2. The lowest BCUT2D eigenvalue weighted by Gasteiger charge is -2.13. The van der Waals surface area contributed by atoms with Crippen LogP contribution in [-0.4, -0.2) is 16.0 Å². The van der Waals surface area contributed by atoms with Crippen molar-refractivity contribution < 1.29 is 14.3 Å². The molecule has 1 fully saturated rings. The first-order chi connectivity index (χ1) is 18.1. The molecule has 0 spiro atoms. The van der Waals surface area contributed by atoms with Gasteiger partial charge in [0.25, 0.3) is 11.1 Å². The molecule has 1 aliphatic heterocycles. The molecule has 0 radical (unpaired) electrons. The number of hydrogen-bond acceptors (Lipinski definition) is 4. The third-order valence-corrected chi connectivity index (χ3v) is 7.33. The lowest BCUT2D eigenvalue weighted by Crippen LogP contribution is -2.27. The summed E-state index contributed by atoms with van der Waals surface area (Å²) in [6, 6.07) is 36.2. The number of thioether (sulfide) groups is 1. The average Bonchev–Trinajstić information content (AvgIpc) is 3.19. The zero-order valence-corrected chi connectivity index (χ0v) is 20.8. The van der Waals surface area contributed by atoms with Gasteiger partial charge in [0, 0.05) is 0 Å². The van der Waals surface area contributed by atoms with Crippen LogP contribution in [0.2, 0.25) is 0 Å². The van der Waals surface area contributed by atoms with Crippen molar-refractivity contribution in [3.63, 3.8) is 0 Å². The number of benzene rings is 5. The highest BCUT2D eigenvalue weighted by molar-refractivity contribution is 8.18. The maximum Gasteiger partial charge on any atom is 0.293 e. The molecule has 37 heavy (non-hydrogen) atoms. The van der Waals surface area contributed by atoms with Gasteiger partial charge in [-0.25, -0.2) is 0 Å². The molecule has 1 aliphatic rings. The summed E-state index contributed by atoms with van der Waals surface area (Å²) in [7, 11) is 0. The van der Waals surface area contributed by atoms with Crippen LogP contribution < -0.4 is 4.74 Å². The Morgan fingerprint density at radius 2 is 1.27 bits per heavy atom. The van der Waals surface area contributed by atoms with Gasteiger partial charge < -0.3 is 4.74 Å². The topological polar surface area (TPSA) is 46.6 Å².